The van der Waals surface area contributed by atoms with Crippen LogP contribution in [0.4, 0.5) is 10.5 Å². The maximum absolute atomic E-state index is 11.8. The highest BCUT2D eigenvalue weighted by molar-refractivity contribution is 5.89. The SMILES string of the molecule is CC(O)c1cccc(NC(=O)NCCc2nncn2C)c1. The van der Waals surface area contributed by atoms with Gasteiger partial charge in [0.1, 0.15) is 12.2 Å². The number of aromatic nitrogens is 3. The molecule has 7 heteroatoms. The number of nitrogens with one attached hydrogen (secondary N) is 2. The number of carbonyl (C=O) groups excluding carboxylic acids is 1. The third kappa shape index (κ3) is 4.28. The van der Waals surface area contributed by atoms with Gasteiger partial charge in [-0.05, 0) is 24.6 Å². The third-order valence-corrected chi connectivity index (χ3v) is 3.07. The molecule has 1 aromatic carbocycles. The predicted octanol–water partition coefficient (Wildman–Crippen LogP) is 1.23. The van der Waals surface area contributed by atoms with Gasteiger partial charge in [0.15, 0.2) is 0 Å². The van der Waals surface area contributed by atoms with Gasteiger partial charge < -0.3 is 20.3 Å². The first-order valence-corrected chi connectivity index (χ1v) is 6.72. The Morgan fingerprint density at radius 2 is 2.29 bits per heavy atom. The molecule has 3 N–H and O–H groups in total. The van der Waals surface area contributed by atoms with Crippen LogP contribution < -0.4 is 10.6 Å². The van der Waals surface area contributed by atoms with Crippen molar-refractivity contribution in [2.24, 2.45) is 7.05 Å². The predicted molar refractivity (Wildman–Crippen MR) is 78.8 cm³/mol. The molecule has 2 amide bonds. The van der Waals surface area contributed by atoms with Gasteiger partial charge in [-0.15, -0.1) is 10.2 Å². The number of rotatable bonds is 5. The molecule has 1 heterocycles. The van der Waals surface area contributed by atoms with Crippen LogP contribution in [0.1, 0.15) is 24.4 Å². The van der Waals surface area contributed by atoms with Gasteiger partial charge in [0.25, 0.3) is 0 Å². The van der Waals surface area contributed by atoms with E-state index in [1.807, 2.05) is 17.7 Å². The second kappa shape index (κ2) is 6.85. The second-order valence-electron chi connectivity index (χ2n) is 4.79. The van der Waals surface area contributed by atoms with Gasteiger partial charge in [-0.25, -0.2) is 4.79 Å². The minimum absolute atomic E-state index is 0.292. The number of benzene rings is 1. The summed E-state index contributed by atoms with van der Waals surface area (Å²) < 4.78 is 1.81. The van der Waals surface area contributed by atoms with Crippen molar-refractivity contribution in [3.8, 4) is 0 Å². The molecule has 1 aromatic heterocycles. The Morgan fingerprint density at radius 3 is 2.95 bits per heavy atom. The molecule has 2 rings (SSSR count). The number of carbonyl (C=O) groups is 1. The lowest BCUT2D eigenvalue weighted by atomic mass is 10.1. The lowest BCUT2D eigenvalue weighted by Gasteiger charge is -2.10. The maximum Gasteiger partial charge on any atom is 0.319 e. The Kier molecular flexibility index (Phi) is 4.89. The Morgan fingerprint density at radius 1 is 1.48 bits per heavy atom. The van der Waals surface area contributed by atoms with Crippen molar-refractivity contribution < 1.29 is 9.90 Å². The van der Waals surface area contributed by atoms with E-state index >= 15 is 0 Å². The van der Waals surface area contributed by atoms with E-state index in [4.69, 9.17) is 0 Å². The fourth-order valence-electron chi connectivity index (χ4n) is 1.87. The average molecular weight is 289 g/mol. The van der Waals surface area contributed by atoms with Crippen LogP contribution in [0.15, 0.2) is 30.6 Å². The van der Waals surface area contributed by atoms with Crippen molar-refractivity contribution in [3.05, 3.63) is 42.0 Å². The molecule has 0 radical (unpaired) electrons. The summed E-state index contributed by atoms with van der Waals surface area (Å²) in [6.07, 6.45) is 1.67. The molecule has 0 spiro atoms. The van der Waals surface area contributed by atoms with Crippen molar-refractivity contribution in [1.29, 1.82) is 0 Å². The summed E-state index contributed by atoms with van der Waals surface area (Å²) >= 11 is 0. The van der Waals surface area contributed by atoms with Crippen LogP contribution in [-0.2, 0) is 13.5 Å². The highest BCUT2D eigenvalue weighted by atomic mass is 16.3. The van der Waals surface area contributed by atoms with Crippen LogP contribution in [0.5, 0.6) is 0 Å². The molecule has 0 aliphatic rings. The number of hydrogen-bond acceptors (Lipinski definition) is 4. The van der Waals surface area contributed by atoms with E-state index in [1.165, 1.54) is 0 Å². The van der Waals surface area contributed by atoms with E-state index < -0.39 is 6.10 Å². The normalized spacial score (nSPS) is 12.0. The largest absolute Gasteiger partial charge is 0.389 e. The molecule has 0 saturated carbocycles. The molecule has 0 saturated heterocycles. The van der Waals surface area contributed by atoms with Crippen molar-refractivity contribution in [1.82, 2.24) is 20.1 Å². The summed E-state index contributed by atoms with van der Waals surface area (Å²) in [5.74, 6) is 0.811. The fourth-order valence-corrected chi connectivity index (χ4v) is 1.87. The lowest BCUT2D eigenvalue weighted by Crippen LogP contribution is -2.30. The Balaban J connectivity index is 1.82. The van der Waals surface area contributed by atoms with E-state index in [0.717, 1.165) is 11.4 Å². The van der Waals surface area contributed by atoms with Crippen LogP contribution in [-0.4, -0.2) is 32.4 Å². The van der Waals surface area contributed by atoms with Gasteiger partial charge in [-0.2, -0.15) is 0 Å². The number of nitrogens with zero attached hydrogens (tertiary/aromatic N) is 3. The van der Waals surface area contributed by atoms with Crippen LogP contribution in [0.2, 0.25) is 0 Å². The molecular weight excluding hydrogens is 270 g/mol. The number of aliphatic hydroxyl groups is 1. The van der Waals surface area contributed by atoms with Gasteiger partial charge in [-0.3, -0.25) is 0 Å². The summed E-state index contributed by atoms with van der Waals surface area (Å²) in [5, 5.41) is 22.7. The second-order valence-corrected chi connectivity index (χ2v) is 4.79. The molecule has 0 bridgehead atoms. The summed E-state index contributed by atoms with van der Waals surface area (Å²) in [4.78, 5) is 11.8. The van der Waals surface area contributed by atoms with Crippen LogP contribution >= 0.6 is 0 Å². The number of urea groups is 1. The van der Waals surface area contributed by atoms with Crippen molar-refractivity contribution in [3.63, 3.8) is 0 Å². The van der Waals surface area contributed by atoms with Crippen molar-refractivity contribution in [2.45, 2.75) is 19.4 Å². The van der Waals surface area contributed by atoms with Gasteiger partial charge in [0, 0.05) is 25.7 Å². The first kappa shape index (κ1) is 15.0. The molecule has 1 atom stereocenters. The number of amides is 2. The minimum Gasteiger partial charge on any atom is -0.389 e. The molecule has 112 valence electrons. The van der Waals surface area contributed by atoms with E-state index in [9.17, 15) is 9.90 Å². The van der Waals surface area contributed by atoms with Gasteiger partial charge in [0.2, 0.25) is 0 Å². The zero-order valence-electron chi connectivity index (χ0n) is 12.1. The number of aryl methyl sites for hydroxylation is 1. The average Bonchev–Trinajstić information content (AvgIpc) is 2.85. The topological polar surface area (TPSA) is 92.1 Å². The molecule has 0 fully saturated rings. The molecular formula is C14H19N5O2. The van der Waals surface area contributed by atoms with E-state index in [2.05, 4.69) is 20.8 Å². The van der Waals surface area contributed by atoms with Crippen LogP contribution in [0.3, 0.4) is 0 Å². The van der Waals surface area contributed by atoms with E-state index in [0.29, 0.717) is 18.7 Å². The molecule has 2 aromatic rings. The highest BCUT2D eigenvalue weighted by Gasteiger charge is 2.06. The van der Waals surface area contributed by atoms with Crippen LogP contribution in [0, 0.1) is 0 Å². The Hall–Kier alpha value is -2.41. The maximum atomic E-state index is 11.8. The summed E-state index contributed by atoms with van der Waals surface area (Å²) in [6.45, 7) is 2.15. The molecule has 0 aliphatic heterocycles. The van der Waals surface area contributed by atoms with E-state index in [-0.39, 0.29) is 6.03 Å². The summed E-state index contributed by atoms with van der Waals surface area (Å²) in [7, 11) is 1.86. The monoisotopic (exact) mass is 289 g/mol. The number of aliphatic hydroxyl groups excluding tert-OH is 1. The smallest absolute Gasteiger partial charge is 0.319 e. The quantitative estimate of drug-likeness (QED) is 0.772. The van der Waals surface area contributed by atoms with Gasteiger partial charge in [-0.1, -0.05) is 12.1 Å². The van der Waals surface area contributed by atoms with Crippen LogP contribution in [0.25, 0.3) is 0 Å². The zero-order chi connectivity index (χ0) is 15.2. The summed E-state index contributed by atoms with van der Waals surface area (Å²) in [5.41, 5.74) is 1.40. The molecule has 0 aliphatic carbocycles. The molecule has 7 nitrogen and oxygen atoms in total. The molecule has 21 heavy (non-hydrogen) atoms. The van der Waals surface area contributed by atoms with Gasteiger partial charge in [0.05, 0.1) is 6.10 Å². The number of anilines is 1. The Bertz CT molecular complexity index is 609. The summed E-state index contributed by atoms with van der Waals surface area (Å²) in [6, 6.07) is 6.82. The Labute approximate surface area is 123 Å². The van der Waals surface area contributed by atoms with E-state index in [1.54, 1.807) is 31.5 Å². The number of hydrogen-bond donors (Lipinski definition) is 3. The molecule has 1 unspecified atom stereocenters. The van der Waals surface area contributed by atoms with Crippen molar-refractivity contribution in [2.75, 3.05) is 11.9 Å². The van der Waals surface area contributed by atoms with Crippen molar-refractivity contribution >= 4 is 11.7 Å². The first-order valence-electron chi connectivity index (χ1n) is 6.72. The first-order chi connectivity index (χ1) is 10.1. The fraction of sp³-hybridized carbons (Fsp3) is 0.357. The highest BCUT2D eigenvalue weighted by Crippen LogP contribution is 2.16. The lowest BCUT2D eigenvalue weighted by molar-refractivity contribution is 0.199. The standard InChI is InChI=1S/C14H19N5O2/c1-10(20)11-4-3-5-12(8-11)17-14(21)15-7-6-13-18-16-9-19(13)2/h3-5,8-10,20H,6-7H2,1-2H3,(H2,15,17,21). The zero-order valence-corrected chi connectivity index (χ0v) is 12.1. The van der Waals surface area contributed by atoms with Gasteiger partial charge >= 0.3 is 6.03 Å². The third-order valence-electron chi connectivity index (χ3n) is 3.07. The minimum atomic E-state index is -0.564.